The van der Waals surface area contributed by atoms with Crippen LogP contribution in [0.25, 0.3) is 0 Å². The second kappa shape index (κ2) is 7.16. The number of nitrogens with zero attached hydrogens (tertiary/aromatic N) is 2. The van der Waals surface area contributed by atoms with Gasteiger partial charge in [-0.05, 0) is 32.7 Å². The lowest BCUT2D eigenvalue weighted by molar-refractivity contribution is 0.253. The fraction of sp³-hybridized carbons (Fsp3) is 0.692. The number of hydrogen-bond acceptors (Lipinski definition) is 5. The largest absolute Gasteiger partial charge is 0.477 e. The Morgan fingerprint density at radius 2 is 2.11 bits per heavy atom. The van der Waals surface area contributed by atoms with Gasteiger partial charge in [0.05, 0.1) is 25.6 Å². The third kappa shape index (κ3) is 4.14. The van der Waals surface area contributed by atoms with Crippen molar-refractivity contribution in [2.75, 3.05) is 19.8 Å². The Labute approximate surface area is 108 Å². The van der Waals surface area contributed by atoms with E-state index in [1.807, 2.05) is 6.92 Å². The third-order valence-corrected chi connectivity index (χ3v) is 3.01. The molecule has 1 aliphatic heterocycles. The number of aromatic nitrogens is 2. The van der Waals surface area contributed by atoms with E-state index in [0.29, 0.717) is 31.0 Å². The van der Waals surface area contributed by atoms with Crippen molar-refractivity contribution in [3.8, 4) is 11.8 Å². The first-order valence-electron chi connectivity index (χ1n) is 6.69. The molecule has 1 aliphatic rings. The van der Waals surface area contributed by atoms with E-state index in [-0.39, 0.29) is 0 Å². The van der Waals surface area contributed by atoms with Crippen LogP contribution in [0.15, 0.2) is 12.4 Å². The van der Waals surface area contributed by atoms with Gasteiger partial charge in [0.2, 0.25) is 11.8 Å². The van der Waals surface area contributed by atoms with Crippen molar-refractivity contribution in [3.63, 3.8) is 0 Å². The zero-order valence-electron chi connectivity index (χ0n) is 10.9. The summed E-state index contributed by atoms with van der Waals surface area (Å²) in [7, 11) is 0. The van der Waals surface area contributed by atoms with Crippen LogP contribution >= 0.6 is 0 Å². The van der Waals surface area contributed by atoms with Crippen LogP contribution in [-0.4, -0.2) is 35.8 Å². The smallest absolute Gasteiger partial charge is 0.235 e. The molecule has 2 rings (SSSR count). The molecule has 0 bridgehead atoms. The third-order valence-electron chi connectivity index (χ3n) is 3.01. The standard InChI is InChI=1S/C13H21N3O2/c1-2-17-12-9-14-10-13(16-12)18-8-6-11-5-3-4-7-15-11/h9-11,15H,2-8H2,1H3. The molecule has 100 valence electrons. The molecular weight excluding hydrogens is 230 g/mol. The molecule has 0 amide bonds. The minimum absolute atomic E-state index is 0.519. The molecule has 0 spiro atoms. The van der Waals surface area contributed by atoms with Gasteiger partial charge in [0, 0.05) is 6.04 Å². The van der Waals surface area contributed by atoms with E-state index < -0.39 is 0 Å². The summed E-state index contributed by atoms with van der Waals surface area (Å²) in [4.78, 5) is 8.26. The van der Waals surface area contributed by atoms with Gasteiger partial charge in [0.1, 0.15) is 0 Å². The zero-order valence-corrected chi connectivity index (χ0v) is 10.9. The number of hydrogen-bond donors (Lipinski definition) is 1. The van der Waals surface area contributed by atoms with Crippen molar-refractivity contribution >= 4 is 0 Å². The molecule has 5 nitrogen and oxygen atoms in total. The maximum atomic E-state index is 5.60. The average molecular weight is 251 g/mol. The fourth-order valence-corrected chi connectivity index (χ4v) is 2.09. The monoisotopic (exact) mass is 251 g/mol. The molecule has 0 aliphatic carbocycles. The first-order chi connectivity index (χ1) is 8.88. The number of nitrogens with one attached hydrogen (secondary N) is 1. The Bertz CT molecular complexity index is 354. The predicted molar refractivity (Wildman–Crippen MR) is 69.0 cm³/mol. The summed E-state index contributed by atoms with van der Waals surface area (Å²) in [5.74, 6) is 1.06. The van der Waals surface area contributed by atoms with Gasteiger partial charge in [-0.1, -0.05) is 6.42 Å². The Hall–Kier alpha value is -1.36. The van der Waals surface area contributed by atoms with Gasteiger partial charge in [0.15, 0.2) is 0 Å². The molecule has 0 saturated carbocycles. The molecule has 1 N–H and O–H groups in total. The van der Waals surface area contributed by atoms with E-state index in [4.69, 9.17) is 9.47 Å². The molecule has 1 unspecified atom stereocenters. The first kappa shape index (κ1) is 13.1. The lowest BCUT2D eigenvalue weighted by Gasteiger charge is -2.23. The van der Waals surface area contributed by atoms with Crippen molar-refractivity contribution < 1.29 is 9.47 Å². The van der Waals surface area contributed by atoms with Crippen LogP contribution in [0.3, 0.4) is 0 Å². The molecule has 1 aromatic rings. The topological polar surface area (TPSA) is 56.3 Å². The second-order valence-electron chi connectivity index (χ2n) is 4.41. The summed E-state index contributed by atoms with van der Waals surface area (Å²) < 4.78 is 10.9. The lowest BCUT2D eigenvalue weighted by atomic mass is 10.0. The number of ether oxygens (including phenoxy) is 2. The Morgan fingerprint density at radius 1 is 1.28 bits per heavy atom. The molecule has 0 aromatic carbocycles. The summed E-state index contributed by atoms with van der Waals surface area (Å²) in [6.45, 7) is 4.31. The maximum absolute atomic E-state index is 5.60. The molecule has 0 radical (unpaired) electrons. The van der Waals surface area contributed by atoms with Gasteiger partial charge in [0.25, 0.3) is 0 Å². The highest BCUT2D eigenvalue weighted by atomic mass is 16.5. The van der Waals surface area contributed by atoms with Crippen molar-refractivity contribution in [1.29, 1.82) is 0 Å². The van der Waals surface area contributed by atoms with Crippen LogP contribution in [0.4, 0.5) is 0 Å². The molecule has 1 atom stereocenters. The second-order valence-corrected chi connectivity index (χ2v) is 4.41. The van der Waals surface area contributed by atoms with Gasteiger partial charge in [-0.2, -0.15) is 4.98 Å². The van der Waals surface area contributed by atoms with Crippen molar-refractivity contribution in [2.45, 2.75) is 38.6 Å². The highest BCUT2D eigenvalue weighted by Gasteiger charge is 2.12. The highest BCUT2D eigenvalue weighted by molar-refractivity contribution is 5.12. The van der Waals surface area contributed by atoms with Gasteiger partial charge < -0.3 is 14.8 Å². The van der Waals surface area contributed by atoms with Crippen LogP contribution in [0, 0.1) is 0 Å². The highest BCUT2D eigenvalue weighted by Crippen LogP contribution is 2.13. The van der Waals surface area contributed by atoms with Gasteiger partial charge in [-0.25, -0.2) is 0 Å². The SMILES string of the molecule is CCOc1cncc(OCCC2CCCCN2)n1. The van der Waals surface area contributed by atoms with Gasteiger partial charge in [-0.3, -0.25) is 4.98 Å². The molecule has 1 saturated heterocycles. The van der Waals surface area contributed by atoms with Crippen molar-refractivity contribution in [3.05, 3.63) is 12.4 Å². The first-order valence-corrected chi connectivity index (χ1v) is 6.69. The van der Waals surface area contributed by atoms with E-state index in [9.17, 15) is 0 Å². The molecule has 18 heavy (non-hydrogen) atoms. The summed E-state index contributed by atoms with van der Waals surface area (Å²) in [5.41, 5.74) is 0. The Kier molecular flexibility index (Phi) is 5.20. The normalized spacial score (nSPS) is 19.5. The zero-order chi connectivity index (χ0) is 12.6. The molecule has 1 fully saturated rings. The van der Waals surface area contributed by atoms with Crippen LogP contribution in [0.5, 0.6) is 11.8 Å². The summed E-state index contributed by atoms with van der Waals surface area (Å²) in [6, 6.07) is 0.585. The summed E-state index contributed by atoms with van der Waals surface area (Å²) >= 11 is 0. The van der Waals surface area contributed by atoms with Crippen LogP contribution in [0.1, 0.15) is 32.6 Å². The minimum Gasteiger partial charge on any atom is -0.477 e. The quantitative estimate of drug-likeness (QED) is 0.835. The van der Waals surface area contributed by atoms with Crippen LogP contribution in [-0.2, 0) is 0 Å². The van der Waals surface area contributed by atoms with Crippen molar-refractivity contribution in [1.82, 2.24) is 15.3 Å². The Morgan fingerprint density at radius 3 is 2.83 bits per heavy atom. The molecule has 2 heterocycles. The summed E-state index contributed by atoms with van der Waals surface area (Å²) in [5, 5.41) is 3.50. The average Bonchev–Trinajstić information content (AvgIpc) is 2.41. The lowest BCUT2D eigenvalue weighted by Crippen LogP contribution is -2.35. The van der Waals surface area contributed by atoms with E-state index >= 15 is 0 Å². The minimum atomic E-state index is 0.519. The maximum Gasteiger partial charge on any atom is 0.235 e. The summed E-state index contributed by atoms with van der Waals surface area (Å²) in [6.07, 6.45) is 8.08. The van der Waals surface area contributed by atoms with E-state index in [0.717, 1.165) is 13.0 Å². The molecule has 5 heteroatoms. The number of piperidine rings is 1. The Balaban J connectivity index is 1.73. The van der Waals surface area contributed by atoms with Crippen LogP contribution < -0.4 is 14.8 Å². The van der Waals surface area contributed by atoms with Gasteiger partial charge in [-0.15, -0.1) is 0 Å². The number of rotatable bonds is 6. The van der Waals surface area contributed by atoms with E-state index in [1.54, 1.807) is 12.4 Å². The van der Waals surface area contributed by atoms with Crippen molar-refractivity contribution in [2.24, 2.45) is 0 Å². The molecular formula is C13H21N3O2. The molecule has 1 aromatic heterocycles. The fourth-order valence-electron chi connectivity index (χ4n) is 2.09. The van der Waals surface area contributed by atoms with E-state index in [2.05, 4.69) is 15.3 Å². The predicted octanol–water partition coefficient (Wildman–Crippen LogP) is 1.79. The van der Waals surface area contributed by atoms with Gasteiger partial charge >= 0.3 is 0 Å². The van der Waals surface area contributed by atoms with E-state index in [1.165, 1.54) is 19.3 Å². The van der Waals surface area contributed by atoms with Crippen LogP contribution in [0.2, 0.25) is 0 Å².